The van der Waals surface area contributed by atoms with Gasteiger partial charge in [0.1, 0.15) is 24.5 Å². The van der Waals surface area contributed by atoms with Gasteiger partial charge < -0.3 is 33.9 Å². The van der Waals surface area contributed by atoms with Crippen LogP contribution in [0.2, 0.25) is 5.02 Å². The molecule has 6 heterocycles. The first kappa shape index (κ1) is 32.5. The van der Waals surface area contributed by atoms with E-state index in [0.717, 1.165) is 90.8 Å². The zero-order valence-electron chi connectivity index (χ0n) is 28.5. The molecule has 1 amide bonds. The van der Waals surface area contributed by atoms with Crippen molar-refractivity contribution >= 4 is 39.8 Å². The summed E-state index contributed by atoms with van der Waals surface area (Å²) in [5.41, 5.74) is 3.31. The van der Waals surface area contributed by atoms with Crippen molar-refractivity contribution in [3.8, 4) is 6.01 Å². The third kappa shape index (κ3) is 6.40. The Morgan fingerprint density at radius 3 is 2.67 bits per heavy atom. The van der Waals surface area contributed by atoms with Gasteiger partial charge in [-0.25, -0.2) is 6.57 Å². The number of ether oxygens (including phenoxy) is 2. The molecule has 2 aromatic carbocycles. The van der Waals surface area contributed by atoms with Crippen molar-refractivity contribution in [2.45, 2.75) is 50.9 Å². The molecule has 0 radical (unpaired) electrons. The lowest BCUT2D eigenvalue weighted by Gasteiger charge is -2.42. The van der Waals surface area contributed by atoms with Crippen molar-refractivity contribution in [1.29, 1.82) is 0 Å². The van der Waals surface area contributed by atoms with Crippen LogP contribution < -0.4 is 14.5 Å². The van der Waals surface area contributed by atoms with Crippen LogP contribution in [0, 0.1) is 12.0 Å². The van der Waals surface area contributed by atoms with Crippen molar-refractivity contribution < 1.29 is 14.3 Å². The lowest BCUT2D eigenvalue weighted by Crippen LogP contribution is -2.58. The highest BCUT2D eigenvalue weighted by molar-refractivity contribution is 6.36. The van der Waals surface area contributed by atoms with E-state index in [1.54, 1.807) is 0 Å². The largest absolute Gasteiger partial charge is 0.462 e. The monoisotopic (exact) mass is 684 g/mol. The van der Waals surface area contributed by atoms with E-state index in [2.05, 4.69) is 62.7 Å². The van der Waals surface area contributed by atoms with Gasteiger partial charge in [0.25, 0.3) is 0 Å². The molecule has 12 heteroatoms. The Hall–Kier alpha value is -3.69. The Bertz CT molecular complexity index is 1770. The number of anilines is 2. The molecule has 4 saturated heterocycles. The van der Waals surface area contributed by atoms with Crippen LogP contribution in [-0.4, -0.2) is 128 Å². The Morgan fingerprint density at radius 2 is 1.92 bits per heavy atom. The zero-order valence-corrected chi connectivity index (χ0v) is 29.2. The molecule has 5 aliphatic rings. The van der Waals surface area contributed by atoms with Crippen LogP contribution in [0.25, 0.3) is 15.6 Å². The number of carbonyl (C=O) groups is 1. The molecule has 1 aromatic heterocycles. The first-order valence-corrected chi connectivity index (χ1v) is 18.0. The summed E-state index contributed by atoms with van der Waals surface area (Å²) in [5, 5.41) is 2.91. The molecule has 0 spiro atoms. The third-order valence-corrected chi connectivity index (χ3v) is 11.4. The molecule has 1 unspecified atom stereocenters. The van der Waals surface area contributed by atoms with E-state index in [9.17, 15) is 4.79 Å². The fourth-order valence-corrected chi connectivity index (χ4v) is 8.51. The predicted octanol–water partition coefficient (Wildman–Crippen LogP) is 3.98. The number of halogens is 1. The van der Waals surface area contributed by atoms with Gasteiger partial charge in [-0.3, -0.25) is 9.69 Å². The number of hydrogen-bond donors (Lipinski definition) is 0. The number of aromatic nitrogens is 2. The number of rotatable bonds is 9. The normalized spacial score (nSPS) is 26.3. The quantitative estimate of drug-likeness (QED) is 0.246. The molecule has 4 atom stereocenters. The second-order valence-corrected chi connectivity index (χ2v) is 15.3. The molecule has 0 saturated carbocycles. The second kappa shape index (κ2) is 13.2. The average molecular weight is 685 g/mol. The van der Waals surface area contributed by atoms with E-state index in [-0.39, 0.29) is 30.0 Å². The van der Waals surface area contributed by atoms with Crippen molar-refractivity contribution in [2.24, 2.45) is 5.41 Å². The summed E-state index contributed by atoms with van der Waals surface area (Å²) in [4.78, 5) is 38.9. The van der Waals surface area contributed by atoms with Gasteiger partial charge in [0, 0.05) is 67.4 Å². The van der Waals surface area contributed by atoms with E-state index >= 15 is 0 Å². The highest BCUT2D eigenvalue weighted by Gasteiger charge is 2.49. The van der Waals surface area contributed by atoms with Gasteiger partial charge in [0.2, 0.25) is 12.5 Å². The minimum Gasteiger partial charge on any atom is -0.462 e. The number of piperazine rings is 1. The average Bonchev–Trinajstić information content (AvgIpc) is 3.74. The van der Waals surface area contributed by atoms with Crippen LogP contribution in [0.4, 0.5) is 11.5 Å². The molecule has 5 aliphatic heterocycles. The maximum Gasteiger partial charge on any atom is 0.318 e. The first-order chi connectivity index (χ1) is 23.8. The summed E-state index contributed by atoms with van der Waals surface area (Å²) >= 11 is 6.75. The summed E-state index contributed by atoms with van der Waals surface area (Å²) in [6.45, 7) is 18.2. The topological polar surface area (TPSA) is 81.6 Å². The molecule has 258 valence electrons. The first-order valence-electron chi connectivity index (χ1n) is 17.7. The number of nitrogens with zero attached hydrogens (tertiary/aromatic N) is 8. The molecule has 8 rings (SSSR count). The summed E-state index contributed by atoms with van der Waals surface area (Å²) in [6, 6.07) is 12.8. The van der Waals surface area contributed by atoms with Crippen LogP contribution in [0.1, 0.15) is 31.0 Å². The molecular weight excluding hydrogens is 640 g/mol. The van der Waals surface area contributed by atoms with Crippen molar-refractivity contribution in [1.82, 2.24) is 24.7 Å². The maximum absolute atomic E-state index is 13.8. The number of hydrogen-bond acceptors (Lipinski definition) is 9. The lowest BCUT2D eigenvalue weighted by atomic mass is 9.89. The minimum absolute atomic E-state index is 0.0914. The van der Waals surface area contributed by atoms with Crippen molar-refractivity contribution in [2.75, 3.05) is 89.0 Å². The summed E-state index contributed by atoms with van der Waals surface area (Å²) in [6.07, 6.45) is 3.04. The van der Waals surface area contributed by atoms with E-state index in [1.165, 1.54) is 6.42 Å². The van der Waals surface area contributed by atoms with Crippen LogP contribution in [-0.2, 0) is 22.5 Å². The second-order valence-electron chi connectivity index (χ2n) is 14.9. The molecule has 0 aliphatic carbocycles. The lowest BCUT2D eigenvalue weighted by molar-refractivity contribution is -0.135. The van der Waals surface area contributed by atoms with Gasteiger partial charge >= 0.3 is 6.01 Å². The Morgan fingerprint density at radius 1 is 1.08 bits per heavy atom. The summed E-state index contributed by atoms with van der Waals surface area (Å²) in [7, 11) is 2.15. The highest BCUT2D eigenvalue weighted by atomic mass is 35.5. The molecule has 0 bridgehead atoms. The smallest absolute Gasteiger partial charge is 0.318 e. The Balaban J connectivity index is 1.05. The summed E-state index contributed by atoms with van der Waals surface area (Å²) in [5.74, 6) is 1.03. The van der Waals surface area contributed by atoms with E-state index in [1.807, 2.05) is 17.0 Å². The van der Waals surface area contributed by atoms with Gasteiger partial charge in [-0.1, -0.05) is 42.8 Å². The molecule has 3 aromatic rings. The number of carbonyl (C=O) groups excluding carboxylic acids is 1. The highest BCUT2D eigenvalue weighted by Crippen LogP contribution is 2.38. The van der Waals surface area contributed by atoms with E-state index < -0.39 is 0 Å². The number of amides is 1. The Kier molecular flexibility index (Phi) is 8.77. The maximum atomic E-state index is 13.8. The molecule has 49 heavy (non-hydrogen) atoms. The van der Waals surface area contributed by atoms with Crippen LogP contribution >= 0.6 is 11.6 Å². The zero-order chi connectivity index (χ0) is 33.7. The van der Waals surface area contributed by atoms with Crippen LogP contribution in [0.3, 0.4) is 0 Å². The van der Waals surface area contributed by atoms with E-state index in [0.29, 0.717) is 44.8 Å². The fourth-order valence-electron chi connectivity index (χ4n) is 8.23. The fraction of sp³-hybridized carbons (Fsp3) is 0.568. The number of benzene rings is 2. The van der Waals surface area contributed by atoms with Gasteiger partial charge in [-0.15, -0.1) is 0 Å². The van der Waals surface area contributed by atoms with Crippen molar-refractivity contribution in [3.05, 3.63) is 64.1 Å². The number of likely N-dealkylation sites (tertiary alicyclic amines) is 1. The number of fused-ring (bicyclic) bond motifs is 2. The molecule has 4 fully saturated rings. The van der Waals surface area contributed by atoms with Gasteiger partial charge in [-0.2, -0.15) is 9.97 Å². The van der Waals surface area contributed by atoms with Crippen LogP contribution in [0.15, 0.2) is 36.4 Å². The predicted molar refractivity (Wildman–Crippen MR) is 190 cm³/mol. The minimum atomic E-state index is -0.205. The van der Waals surface area contributed by atoms with Gasteiger partial charge in [0.05, 0.1) is 30.5 Å². The Labute approximate surface area is 293 Å². The van der Waals surface area contributed by atoms with Crippen molar-refractivity contribution in [3.63, 3.8) is 0 Å². The SMILES string of the molecule is [C-]#[N+]C[C@H]1CN(c2nc(OC[C@@H]3CCCN3C)nc3c2CCN(c2cccc4cccc(Cl)c24)C3)CCN1C(=O)[C@@H]1CN1CC1(C)COC1. The third-order valence-electron chi connectivity index (χ3n) is 11.1. The van der Waals surface area contributed by atoms with Crippen LogP contribution in [0.5, 0.6) is 6.01 Å². The molecule has 11 nitrogen and oxygen atoms in total. The number of likely N-dealkylation sites (N-methyl/N-ethyl adjacent to an activating group) is 1. The van der Waals surface area contributed by atoms with Gasteiger partial charge in [0.15, 0.2) is 0 Å². The molecular formula is C37H45ClN8O3. The van der Waals surface area contributed by atoms with E-state index in [4.69, 9.17) is 37.6 Å². The molecule has 0 N–H and O–H groups in total. The standard InChI is InChI=1S/C37H45ClN8O3/c1-37(23-48-24-37)22-45-20-32(45)35(47)46-16-15-44(18-27(46)17-39-2)34-28-12-14-43(31-11-5-8-25-7-4-10-29(38)33(25)31)19-30(28)40-36(41-34)49-21-26-9-6-13-42(26)3/h4-5,7-8,10-11,26-27,32H,6,9,12-24H2,1,3H3/t26-,27-,32-,45?/m0/s1. The van der Waals surface area contributed by atoms with Gasteiger partial charge in [-0.05, 0) is 50.4 Å². The summed E-state index contributed by atoms with van der Waals surface area (Å²) < 4.78 is 11.8.